The van der Waals surface area contributed by atoms with Crippen LogP contribution in [-0.2, 0) is 9.53 Å². The average molecular weight is 351 g/mol. The summed E-state index contributed by atoms with van der Waals surface area (Å²) >= 11 is 7.17. The molecular formula is C15H11ClN2O4S. The molecule has 2 aromatic heterocycles. The predicted molar refractivity (Wildman–Crippen MR) is 87.0 cm³/mol. The molecule has 2 heterocycles. The Morgan fingerprint density at radius 1 is 1.39 bits per heavy atom. The van der Waals surface area contributed by atoms with Crippen molar-refractivity contribution in [3.05, 3.63) is 46.1 Å². The van der Waals surface area contributed by atoms with Crippen LogP contribution in [0.2, 0.25) is 5.02 Å². The third-order valence-corrected chi connectivity index (χ3v) is 3.99. The number of hydrogen-bond donors (Lipinski definition) is 1. The zero-order valence-corrected chi connectivity index (χ0v) is 13.5. The van der Waals surface area contributed by atoms with Crippen LogP contribution in [0.4, 0.5) is 5.13 Å². The van der Waals surface area contributed by atoms with Crippen molar-refractivity contribution in [3.63, 3.8) is 0 Å². The highest BCUT2D eigenvalue weighted by Crippen LogP contribution is 2.23. The molecule has 3 rings (SSSR count). The van der Waals surface area contributed by atoms with E-state index in [-0.39, 0.29) is 5.76 Å². The molecular weight excluding hydrogens is 340 g/mol. The number of aryl methyl sites for hydroxylation is 1. The quantitative estimate of drug-likeness (QED) is 0.726. The summed E-state index contributed by atoms with van der Waals surface area (Å²) in [6, 6.07) is 6.51. The number of carbonyl (C=O) groups is 2. The summed E-state index contributed by atoms with van der Waals surface area (Å²) in [5, 5.41) is 6.04. The number of fused-ring (bicyclic) bond motifs is 1. The number of nitrogens with one attached hydrogen (secondary N) is 1. The van der Waals surface area contributed by atoms with Gasteiger partial charge in [0.05, 0.1) is 5.69 Å². The first-order valence-corrected chi connectivity index (χ1v) is 7.85. The molecule has 0 unspecified atom stereocenters. The van der Waals surface area contributed by atoms with Gasteiger partial charge in [0.15, 0.2) is 11.7 Å². The summed E-state index contributed by atoms with van der Waals surface area (Å²) in [5.41, 5.74) is 1.33. The van der Waals surface area contributed by atoms with E-state index >= 15 is 0 Å². The SMILES string of the molecule is Cc1csc(NC(=O)COC(=O)c2cc3cc(Cl)ccc3o2)n1. The average Bonchev–Trinajstić information content (AvgIpc) is 3.10. The molecule has 8 heteroatoms. The monoisotopic (exact) mass is 350 g/mol. The van der Waals surface area contributed by atoms with Crippen LogP contribution < -0.4 is 5.32 Å². The molecule has 1 N–H and O–H groups in total. The van der Waals surface area contributed by atoms with Crippen LogP contribution in [0.15, 0.2) is 34.1 Å². The van der Waals surface area contributed by atoms with Crippen LogP contribution in [0, 0.1) is 6.92 Å². The number of aromatic nitrogens is 1. The van der Waals surface area contributed by atoms with Crippen molar-refractivity contribution >= 4 is 50.9 Å². The van der Waals surface area contributed by atoms with Crippen LogP contribution in [0.3, 0.4) is 0 Å². The highest BCUT2D eigenvalue weighted by atomic mass is 35.5. The first-order chi connectivity index (χ1) is 11.0. The number of benzene rings is 1. The largest absolute Gasteiger partial charge is 0.450 e. The number of ether oxygens (including phenoxy) is 1. The fourth-order valence-corrected chi connectivity index (χ4v) is 2.77. The Bertz CT molecular complexity index is 887. The third kappa shape index (κ3) is 3.69. The number of rotatable bonds is 4. The minimum atomic E-state index is -0.720. The maximum atomic E-state index is 11.9. The van der Waals surface area contributed by atoms with Crippen molar-refractivity contribution in [1.29, 1.82) is 0 Å². The molecule has 0 fully saturated rings. The lowest BCUT2D eigenvalue weighted by Crippen LogP contribution is -2.20. The Labute approximate surface area is 140 Å². The highest BCUT2D eigenvalue weighted by Gasteiger charge is 2.16. The second-order valence-corrected chi connectivity index (χ2v) is 6.01. The smallest absolute Gasteiger partial charge is 0.374 e. The van der Waals surface area contributed by atoms with Gasteiger partial charge in [-0.2, -0.15) is 0 Å². The van der Waals surface area contributed by atoms with E-state index in [2.05, 4.69) is 10.3 Å². The maximum absolute atomic E-state index is 11.9. The van der Waals surface area contributed by atoms with Crippen molar-refractivity contribution in [2.75, 3.05) is 11.9 Å². The van der Waals surface area contributed by atoms with Gasteiger partial charge in [-0.3, -0.25) is 10.1 Å². The summed E-state index contributed by atoms with van der Waals surface area (Å²) in [7, 11) is 0. The third-order valence-electron chi connectivity index (χ3n) is 2.88. The molecule has 0 radical (unpaired) electrons. The number of esters is 1. The van der Waals surface area contributed by atoms with Crippen LogP contribution in [0.1, 0.15) is 16.2 Å². The van der Waals surface area contributed by atoms with E-state index in [9.17, 15) is 9.59 Å². The lowest BCUT2D eigenvalue weighted by Gasteiger charge is -2.02. The number of nitrogens with zero attached hydrogens (tertiary/aromatic N) is 1. The van der Waals surface area contributed by atoms with Crippen LogP contribution in [0.5, 0.6) is 0 Å². The summed E-state index contributed by atoms with van der Waals surface area (Å²) in [4.78, 5) is 27.7. The molecule has 1 aromatic carbocycles. The Balaban J connectivity index is 1.60. The number of amides is 1. The molecule has 0 aliphatic rings. The Morgan fingerprint density at radius 3 is 2.96 bits per heavy atom. The van der Waals surface area contributed by atoms with Gasteiger partial charge in [0.1, 0.15) is 5.58 Å². The molecule has 0 aliphatic heterocycles. The van der Waals surface area contributed by atoms with E-state index in [1.807, 2.05) is 6.92 Å². The number of halogens is 1. The minimum Gasteiger partial charge on any atom is -0.450 e. The topological polar surface area (TPSA) is 81.4 Å². The van der Waals surface area contributed by atoms with Crippen molar-refractivity contribution in [3.8, 4) is 0 Å². The molecule has 0 saturated heterocycles. The van der Waals surface area contributed by atoms with Gasteiger partial charge in [0.2, 0.25) is 5.76 Å². The van der Waals surface area contributed by atoms with Gasteiger partial charge < -0.3 is 9.15 Å². The summed E-state index contributed by atoms with van der Waals surface area (Å²) in [6.07, 6.45) is 0. The zero-order valence-electron chi connectivity index (χ0n) is 12.0. The Hall–Kier alpha value is -2.38. The van der Waals surface area contributed by atoms with E-state index < -0.39 is 18.5 Å². The van der Waals surface area contributed by atoms with E-state index in [0.29, 0.717) is 21.1 Å². The first kappa shape index (κ1) is 15.5. The molecule has 6 nitrogen and oxygen atoms in total. The van der Waals surface area contributed by atoms with Crippen molar-refractivity contribution in [2.45, 2.75) is 6.92 Å². The molecule has 1 amide bonds. The number of furan rings is 1. The van der Waals surface area contributed by atoms with Crippen LogP contribution in [0.25, 0.3) is 11.0 Å². The Kier molecular flexibility index (Phi) is 4.31. The zero-order chi connectivity index (χ0) is 16.4. The van der Waals surface area contributed by atoms with Gasteiger partial charge in [-0.1, -0.05) is 11.6 Å². The van der Waals surface area contributed by atoms with E-state index in [1.165, 1.54) is 17.4 Å². The molecule has 0 atom stereocenters. The maximum Gasteiger partial charge on any atom is 0.374 e. The van der Waals surface area contributed by atoms with Crippen LogP contribution >= 0.6 is 22.9 Å². The molecule has 23 heavy (non-hydrogen) atoms. The van der Waals surface area contributed by atoms with E-state index in [0.717, 1.165) is 5.69 Å². The summed E-state index contributed by atoms with van der Waals surface area (Å²) in [5.74, 6) is -1.17. The fourth-order valence-electron chi connectivity index (χ4n) is 1.88. The van der Waals surface area contributed by atoms with Gasteiger partial charge in [-0.05, 0) is 31.2 Å². The van der Waals surface area contributed by atoms with Gasteiger partial charge in [0, 0.05) is 15.8 Å². The minimum absolute atomic E-state index is 0.0140. The first-order valence-electron chi connectivity index (χ1n) is 6.59. The van der Waals surface area contributed by atoms with Gasteiger partial charge in [-0.15, -0.1) is 11.3 Å². The molecule has 0 aliphatic carbocycles. The molecule has 0 spiro atoms. The van der Waals surface area contributed by atoms with E-state index in [1.54, 1.807) is 23.6 Å². The van der Waals surface area contributed by atoms with Gasteiger partial charge in [0.25, 0.3) is 5.91 Å². The number of thiazole rings is 1. The van der Waals surface area contributed by atoms with Crippen LogP contribution in [-0.4, -0.2) is 23.5 Å². The highest BCUT2D eigenvalue weighted by molar-refractivity contribution is 7.13. The summed E-state index contributed by atoms with van der Waals surface area (Å²) < 4.78 is 10.3. The lowest BCUT2D eigenvalue weighted by atomic mass is 10.2. The molecule has 118 valence electrons. The predicted octanol–water partition coefficient (Wildman–Crippen LogP) is 3.65. The lowest BCUT2D eigenvalue weighted by molar-refractivity contribution is -0.119. The van der Waals surface area contributed by atoms with Crippen molar-refractivity contribution < 1.29 is 18.7 Å². The normalized spacial score (nSPS) is 10.7. The number of anilines is 1. The standard InChI is InChI=1S/C15H11ClN2O4S/c1-8-7-23-15(17-8)18-13(19)6-21-14(20)12-5-9-4-10(16)2-3-11(9)22-12/h2-5,7H,6H2,1H3,(H,17,18,19). The van der Waals surface area contributed by atoms with Gasteiger partial charge >= 0.3 is 5.97 Å². The summed E-state index contributed by atoms with van der Waals surface area (Å²) in [6.45, 7) is 1.40. The number of hydrogen-bond acceptors (Lipinski definition) is 6. The van der Waals surface area contributed by atoms with Crippen molar-refractivity contribution in [1.82, 2.24) is 4.98 Å². The van der Waals surface area contributed by atoms with Gasteiger partial charge in [-0.25, -0.2) is 9.78 Å². The van der Waals surface area contributed by atoms with E-state index in [4.69, 9.17) is 20.8 Å². The van der Waals surface area contributed by atoms with Crippen molar-refractivity contribution in [2.24, 2.45) is 0 Å². The Morgan fingerprint density at radius 2 is 2.22 bits per heavy atom. The number of carbonyl (C=O) groups excluding carboxylic acids is 2. The molecule has 0 bridgehead atoms. The molecule has 3 aromatic rings. The fraction of sp³-hybridized carbons (Fsp3) is 0.133. The second kappa shape index (κ2) is 6.39. The molecule has 0 saturated carbocycles. The second-order valence-electron chi connectivity index (χ2n) is 4.71.